The van der Waals surface area contributed by atoms with Crippen LogP contribution in [0.15, 0.2) is 109 Å². The van der Waals surface area contributed by atoms with Gasteiger partial charge < -0.3 is 9.97 Å². The molecule has 2 aromatic carbocycles. The number of carbonyl (C=O) groups excluding carboxylic acids is 1. The number of hydrogen-bond donors (Lipinski definition) is 2. The van der Waals surface area contributed by atoms with E-state index in [2.05, 4.69) is 46.4 Å². The Labute approximate surface area is 184 Å². The molecule has 0 aliphatic carbocycles. The number of benzene rings is 2. The third-order valence-corrected chi connectivity index (χ3v) is 6.05. The predicted octanol–water partition coefficient (Wildman–Crippen LogP) is 7.05. The van der Waals surface area contributed by atoms with E-state index in [1.807, 2.05) is 66.0 Å². The Morgan fingerprint density at radius 1 is 0.645 bits per heavy atom. The van der Waals surface area contributed by atoms with E-state index in [1.54, 1.807) is 6.08 Å². The molecule has 0 saturated heterocycles. The van der Waals surface area contributed by atoms with E-state index in [9.17, 15) is 4.79 Å². The standard InChI is InChI=1S/C27H20N2OS/c30-26(27-12-7-17-31-27)18-21(24-15-13-22(28-24)19-8-3-1-4-9-19)25-16-14-23(29-25)20-10-5-2-6-11-20/h1-18,28-29H. The molecule has 0 amide bonds. The Balaban J connectivity index is 1.57. The first kappa shape index (κ1) is 19.1. The van der Waals surface area contributed by atoms with Crippen molar-refractivity contribution in [3.63, 3.8) is 0 Å². The highest BCUT2D eigenvalue weighted by molar-refractivity contribution is 7.12. The minimum atomic E-state index is -0.00303. The summed E-state index contributed by atoms with van der Waals surface area (Å²) in [6.07, 6.45) is 1.72. The normalized spacial score (nSPS) is 10.7. The third kappa shape index (κ3) is 4.06. The summed E-state index contributed by atoms with van der Waals surface area (Å²) in [6.45, 7) is 0. The first-order valence-corrected chi connectivity index (χ1v) is 10.9. The summed E-state index contributed by atoms with van der Waals surface area (Å²) in [7, 11) is 0. The van der Waals surface area contributed by atoms with Crippen molar-refractivity contribution in [1.29, 1.82) is 0 Å². The maximum Gasteiger partial charge on any atom is 0.196 e. The van der Waals surface area contributed by atoms with Gasteiger partial charge in [0.05, 0.1) is 4.88 Å². The van der Waals surface area contributed by atoms with Gasteiger partial charge in [0.25, 0.3) is 0 Å². The largest absolute Gasteiger partial charge is 0.354 e. The van der Waals surface area contributed by atoms with Gasteiger partial charge >= 0.3 is 0 Å². The number of H-pyrrole nitrogens is 2. The number of rotatable bonds is 6. The van der Waals surface area contributed by atoms with Crippen LogP contribution in [0.2, 0.25) is 0 Å². The fraction of sp³-hybridized carbons (Fsp3) is 0. The maximum atomic E-state index is 12.9. The first-order valence-electron chi connectivity index (χ1n) is 10.1. The average molecular weight is 421 g/mol. The number of aromatic nitrogens is 2. The lowest BCUT2D eigenvalue weighted by atomic mass is 10.1. The van der Waals surface area contributed by atoms with Crippen molar-refractivity contribution in [1.82, 2.24) is 9.97 Å². The van der Waals surface area contributed by atoms with Crippen molar-refractivity contribution in [2.45, 2.75) is 0 Å². The van der Waals surface area contributed by atoms with E-state index in [1.165, 1.54) is 11.3 Å². The zero-order valence-electron chi connectivity index (χ0n) is 16.7. The van der Waals surface area contributed by atoms with Crippen LogP contribution < -0.4 is 0 Å². The Bertz CT molecular complexity index is 1250. The molecule has 31 heavy (non-hydrogen) atoms. The van der Waals surface area contributed by atoms with Crippen LogP contribution in [-0.2, 0) is 0 Å². The van der Waals surface area contributed by atoms with Gasteiger partial charge in [0.15, 0.2) is 5.78 Å². The number of ketones is 1. The number of nitrogens with one attached hydrogen (secondary N) is 2. The molecule has 0 radical (unpaired) electrons. The molecule has 3 heterocycles. The van der Waals surface area contributed by atoms with Crippen LogP contribution in [0.25, 0.3) is 28.1 Å². The van der Waals surface area contributed by atoms with Gasteiger partial charge in [-0.3, -0.25) is 4.79 Å². The third-order valence-electron chi connectivity index (χ3n) is 5.16. The second-order valence-corrected chi connectivity index (χ2v) is 8.15. The summed E-state index contributed by atoms with van der Waals surface area (Å²) < 4.78 is 0. The molecule has 0 bridgehead atoms. The molecule has 3 nitrogen and oxygen atoms in total. The van der Waals surface area contributed by atoms with Gasteiger partial charge in [0.2, 0.25) is 0 Å². The van der Waals surface area contributed by atoms with E-state index < -0.39 is 0 Å². The molecule has 5 rings (SSSR count). The summed E-state index contributed by atoms with van der Waals surface area (Å²) in [6, 6.07) is 32.3. The molecular formula is C27H20N2OS. The molecule has 2 N–H and O–H groups in total. The number of allylic oxidation sites excluding steroid dienone is 1. The SMILES string of the molecule is O=C(C=C(c1ccc(-c2ccccc2)[nH]1)c1ccc(-c2ccccc2)[nH]1)c1cccs1. The van der Waals surface area contributed by atoms with Crippen molar-refractivity contribution in [2.75, 3.05) is 0 Å². The molecule has 3 aromatic heterocycles. The monoisotopic (exact) mass is 420 g/mol. The van der Waals surface area contributed by atoms with Gasteiger partial charge in [-0.25, -0.2) is 0 Å². The molecule has 150 valence electrons. The minimum absolute atomic E-state index is 0.00303. The second-order valence-electron chi connectivity index (χ2n) is 7.20. The van der Waals surface area contributed by atoms with Crippen LogP contribution in [0.1, 0.15) is 21.1 Å². The van der Waals surface area contributed by atoms with E-state index in [0.29, 0.717) is 0 Å². The van der Waals surface area contributed by atoms with E-state index in [-0.39, 0.29) is 5.78 Å². The summed E-state index contributed by atoms with van der Waals surface area (Å²) in [5, 5.41) is 1.92. The fourth-order valence-electron chi connectivity index (χ4n) is 3.60. The molecule has 0 aliphatic heterocycles. The molecule has 4 heteroatoms. The number of aromatic amines is 2. The number of carbonyl (C=O) groups is 1. The zero-order valence-corrected chi connectivity index (χ0v) is 17.5. The van der Waals surface area contributed by atoms with Crippen LogP contribution in [0.4, 0.5) is 0 Å². The van der Waals surface area contributed by atoms with Gasteiger partial charge in [0.1, 0.15) is 0 Å². The van der Waals surface area contributed by atoms with Gasteiger partial charge in [-0.05, 0) is 52.9 Å². The molecule has 5 aromatic rings. The van der Waals surface area contributed by atoms with Crippen molar-refractivity contribution >= 4 is 22.7 Å². The van der Waals surface area contributed by atoms with Crippen molar-refractivity contribution in [2.24, 2.45) is 0 Å². The highest BCUT2D eigenvalue weighted by Crippen LogP contribution is 2.29. The van der Waals surface area contributed by atoms with Gasteiger partial charge in [0, 0.05) is 28.3 Å². The zero-order chi connectivity index (χ0) is 21.0. The Morgan fingerprint density at radius 3 is 1.68 bits per heavy atom. The van der Waals surface area contributed by atoms with Crippen LogP contribution >= 0.6 is 11.3 Å². The molecule has 0 atom stereocenters. The van der Waals surface area contributed by atoms with E-state index in [0.717, 1.165) is 44.4 Å². The van der Waals surface area contributed by atoms with Crippen LogP contribution in [0.5, 0.6) is 0 Å². The summed E-state index contributed by atoms with van der Waals surface area (Å²) in [4.78, 5) is 20.6. The first-order chi connectivity index (χ1) is 15.3. The smallest absolute Gasteiger partial charge is 0.196 e. The summed E-state index contributed by atoms with van der Waals surface area (Å²) in [5.74, 6) is -0.00303. The van der Waals surface area contributed by atoms with Crippen LogP contribution in [0.3, 0.4) is 0 Å². The molecule has 0 unspecified atom stereocenters. The maximum absolute atomic E-state index is 12.9. The highest BCUT2D eigenvalue weighted by atomic mass is 32.1. The van der Waals surface area contributed by atoms with Crippen LogP contribution in [-0.4, -0.2) is 15.8 Å². The van der Waals surface area contributed by atoms with Gasteiger partial charge in [-0.15, -0.1) is 11.3 Å². The fourth-order valence-corrected chi connectivity index (χ4v) is 4.23. The lowest BCUT2D eigenvalue weighted by molar-refractivity contribution is 0.105. The molecule has 0 fully saturated rings. The molecular weight excluding hydrogens is 400 g/mol. The summed E-state index contributed by atoms with van der Waals surface area (Å²) in [5.41, 5.74) is 6.86. The van der Waals surface area contributed by atoms with Crippen molar-refractivity contribution in [3.05, 3.63) is 125 Å². The van der Waals surface area contributed by atoms with Gasteiger partial charge in [-0.1, -0.05) is 66.7 Å². The topological polar surface area (TPSA) is 48.6 Å². The van der Waals surface area contributed by atoms with Crippen molar-refractivity contribution < 1.29 is 4.79 Å². The lowest BCUT2D eigenvalue weighted by Gasteiger charge is -2.05. The molecule has 0 saturated carbocycles. The predicted molar refractivity (Wildman–Crippen MR) is 128 cm³/mol. The van der Waals surface area contributed by atoms with Crippen LogP contribution in [0, 0.1) is 0 Å². The highest BCUT2D eigenvalue weighted by Gasteiger charge is 2.14. The average Bonchev–Trinajstić information content (AvgIpc) is 3.60. The number of hydrogen-bond acceptors (Lipinski definition) is 2. The van der Waals surface area contributed by atoms with E-state index in [4.69, 9.17) is 0 Å². The quantitative estimate of drug-likeness (QED) is 0.224. The van der Waals surface area contributed by atoms with E-state index >= 15 is 0 Å². The minimum Gasteiger partial charge on any atom is -0.354 e. The Kier molecular flexibility index (Phi) is 5.21. The van der Waals surface area contributed by atoms with Crippen molar-refractivity contribution in [3.8, 4) is 22.5 Å². The Morgan fingerprint density at radius 2 is 1.19 bits per heavy atom. The summed E-state index contributed by atoms with van der Waals surface area (Å²) >= 11 is 1.45. The molecule has 0 spiro atoms. The molecule has 0 aliphatic rings. The van der Waals surface area contributed by atoms with Gasteiger partial charge in [-0.2, -0.15) is 0 Å². The Hall–Kier alpha value is -3.89. The lowest BCUT2D eigenvalue weighted by Crippen LogP contribution is -1.96. The second kappa shape index (κ2) is 8.46. The number of thiophene rings is 1.